The first-order chi connectivity index (χ1) is 13.7. The smallest absolute Gasteiger partial charge is 0.224 e. The van der Waals surface area contributed by atoms with Gasteiger partial charge in [0, 0.05) is 57.6 Å². The van der Waals surface area contributed by atoms with Crippen LogP contribution < -0.4 is 10.2 Å². The Labute approximate surface area is 166 Å². The number of piperazine rings is 1. The van der Waals surface area contributed by atoms with Crippen LogP contribution in [0.25, 0.3) is 0 Å². The Morgan fingerprint density at radius 3 is 2.46 bits per heavy atom. The Bertz CT molecular complexity index is 759. The third-order valence-corrected chi connectivity index (χ3v) is 5.08. The van der Waals surface area contributed by atoms with Gasteiger partial charge in [0.15, 0.2) is 0 Å². The number of nitrogens with one attached hydrogen (secondary N) is 1. The standard InChI is InChI=1S/C22H28FN3O2/c1-28-17-16-25-12-14-26(15-13-25)20-9-7-19(8-10-20)24-22(27)11-6-18-4-2-3-5-21(18)23/h2-5,7-10H,6,11-17H2,1H3,(H,24,27). The highest BCUT2D eigenvalue weighted by Gasteiger charge is 2.16. The van der Waals surface area contributed by atoms with Crippen molar-refractivity contribution in [1.29, 1.82) is 0 Å². The number of carbonyl (C=O) groups is 1. The number of hydrogen-bond donors (Lipinski definition) is 1. The molecule has 0 aliphatic carbocycles. The summed E-state index contributed by atoms with van der Waals surface area (Å²) in [7, 11) is 1.73. The van der Waals surface area contributed by atoms with Crippen molar-refractivity contribution in [1.82, 2.24) is 4.90 Å². The fourth-order valence-electron chi connectivity index (χ4n) is 3.38. The highest BCUT2D eigenvalue weighted by Crippen LogP contribution is 2.20. The third-order valence-electron chi connectivity index (χ3n) is 5.08. The van der Waals surface area contributed by atoms with Crippen LogP contribution in [-0.2, 0) is 16.0 Å². The number of benzene rings is 2. The fraction of sp³-hybridized carbons (Fsp3) is 0.409. The zero-order chi connectivity index (χ0) is 19.8. The highest BCUT2D eigenvalue weighted by molar-refractivity contribution is 5.91. The van der Waals surface area contributed by atoms with Crippen molar-refractivity contribution >= 4 is 17.3 Å². The summed E-state index contributed by atoms with van der Waals surface area (Å²) in [5.41, 5.74) is 2.49. The Hall–Kier alpha value is -2.44. The second-order valence-electron chi connectivity index (χ2n) is 7.01. The Balaban J connectivity index is 1.45. The molecule has 0 unspecified atom stereocenters. The van der Waals surface area contributed by atoms with Gasteiger partial charge in [-0.05, 0) is 42.3 Å². The molecule has 0 radical (unpaired) electrons. The summed E-state index contributed by atoms with van der Waals surface area (Å²) < 4.78 is 18.8. The number of nitrogens with zero attached hydrogens (tertiary/aromatic N) is 2. The van der Waals surface area contributed by atoms with Gasteiger partial charge in [0.1, 0.15) is 5.82 Å². The molecule has 150 valence electrons. The summed E-state index contributed by atoms with van der Waals surface area (Å²) in [6.45, 7) is 5.76. The highest BCUT2D eigenvalue weighted by atomic mass is 19.1. The molecule has 2 aromatic carbocycles. The van der Waals surface area contributed by atoms with Crippen molar-refractivity contribution in [3.63, 3.8) is 0 Å². The van der Waals surface area contributed by atoms with Crippen molar-refractivity contribution in [2.45, 2.75) is 12.8 Å². The molecule has 1 heterocycles. The van der Waals surface area contributed by atoms with E-state index in [0.717, 1.165) is 50.7 Å². The molecule has 1 fully saturated rings. The summed E-state index contributed by atoms with van der Waals surface area (Å²) in [6.07, 6.45) is 0.649. The summed E-state index contributed by atoms with van der Waals surface area (Å²) in [5.74, 6) is -0.371. The van der Waals surface area contributed by atoms with Crippen LogP contribution in [0.3, 0.4) is 0 Å². The molecular weight excluding hydrogens is 357 g/mol. The lowest BCUT2D eigenvalue weighted by Crippen LogP contribution is -2.47. The van der Waals surface area contributed by atoms with Crippen LogP contribution in [0.4, 0.5) is 15.8 Å². The van der Waals surface area contributed by atoms with Crippen LogP contribution in [0.5, 0.6) is 0 Å². The summed E-state index contributed by atoms with van der Waals surface area (Å²) >= 11 is 0. The van der Waals surface area contributed by atoms with Crippen LogP contribution in [-0.4, -0.2) is 57.2 Å². The molecule has 0 saturated carbocycles. The van der Waals surface area contributed by atoms with E-state index in [9.17, 15) is 9.18 Å². The third kappa shape index (κ3) is 5.78. The van der Waals surface area contributed by atoms with E-state index in [1.165, 1.54) is 6.07 Å². The molecule has 1 amide bonds. The van der Waals surface area contributed by atoms with Gasteiger partial charge in [-0.15, -0.1) is 0 Å². The summed E-state index contributed by atoms with van der Waals surface area (Å²) in [4.78, 5) is 16.9. The molecule has 5 nitrogen and oxygen atoms in total. The maximum atomic E-state index is 13.6. The lowest BCUT2D eigenvalue weighted by atomic mass is 10.1. The number of anilines is 2. The SMILES string of the molecule is COCCN1CCN(c2ccc(NC(=O)CCc3ccccc3F)cc2)CC1. The minimum atomic E-state index is -0.262. The van der Waals surface area contributed by atoms with Gasteiger partial charge in [0.2, 0.25) is 5.91 Å². The Morgan fingerprint density at radius 2 is 1.79 bits per heavy atom. The number of amides is 1. The molecule has 3 rings (SSSR count). The quantitative estimate of drug-likeness (QED) is 0.758. The monoisotopic (exact) mass is 385 g/mol. The predicted molar refractivity (Wildman–Crippen MR) is 110 cm³/mol. The molecule has 1 saturated heterocycles. The summed E-state index contributed by atoms with van der Waals surface area (Å²) in [6, 6.07) is 14.5. The van der Waals surface area contributed by atoms with Gasteiger partial charge in [0.25, 0.3) is 0 Å². The molecule has 0 bridgehead atoms. The van der Waals surface area contributed by atoms with Gasteiger partial charge in [-0.1, -0.05) is 18.2 Å². The Kier molecular flexibility index (Phi) is 7.39. The van der Waals surface area contributed by atoms with Gasteiger partial charge in [-0.3, -0.25) is 9.69 Å². The van der Waals surface area contributed by atoms with Crippen molar-refractivity contribution < 1.29 is 13.9 Å². The topological polar surface area (TPSA) is 44.8 Å². The molecule has 6 heteroatoms. The van der Waals surface area contributed by atoms with E-state index < -0.39 is 0 Å². The lowest BCUT2D eigenvalue weighted by Gasteiger charge is -2.36. The number of hydrogen-bond acceptors (Lipinski definition) is 4. The average Bonchev–Trinajstić information content (AvgIpc) is 2.73. The zero-order valence-corrected chi connectivity index (χ0v) is 16.4. The largest absolute Gasteiger partial charge is 0.383 e. The minimum Gasteiger partial charge on any atom is -0.383 e. The van der Waals surface area contributed by atoms with Gasteiger partial charge >= 0.3 is 0 Å². The molecule has 0 atom stereocenters. The van der Waals surface area contributed by atoms with Crippen molar-refractivity contribution in [2.75, 3.05) is 56.7 Å². The van der Waals surface area contributed by atoms with Gasteiger partial charge in [-0.2, -0.15) is 0 Å². The Morgan fingerprint density at radius 1 is 1.07 bits per heavy atom. The molecule has 28 heavy (non-hydrogen) atoms. The lowest BCUT2D eigenvalue weighted by molar-refractivity contribution is -0.116. The van der Waals surface area contributed by atoms with Crippen LogP contribution in [0, 0.1) is 5.82 Å². The normalized spacial score (nSPS) is 14.9. The molecule has 2 aromatic rings. The van der Waals surface area contributed by atoms with E-state index in [1.54, 1.807) is 25.3 Å². The second-order valence-corrected chi connectivity index (χ2v) is 7.01. The van der Waals surface area contributed by atoms with Crippen molar-refractivity contribution in [3.05, 3.63) is 59.9 Å². The molecule has 0 aromatic heterocycles. The molecular formula is C22H28FN3O2. The minimum absolute atomic E-state index is 0.109. The first-order valence-corrected chi connectivity index (χ1v) is 9.75. The number of aryl methyl sites for hydroxylation is 1. The van der Waals surface area contributed by atoms with E-state index in [0.29, 0.717) is 12.0 Å². The van der Waals surface area contributed by atoms with Crippen LogP contribution in [0.1, 0.15) is 12.0 Å². The van der Waals surface area contributed by atoms with Crippen molar-refractivity contribution in [2.24, 2.45) is 0 Å². The molecule has 1 aliphatic rings. The molecule has 1 aliphatic heterocycles. The van der Waals surface area contributed by atoms with Crippen LogP contribution in [0.15, 0.2) is 48.5 Å². The van der Waals surface area contributed by atoms with Crippen LogP contribution in [0.2, 0.25) is 0 Å². The average molecular weight is 385 g/mol. The van der Waals surface area contributed by atoms with Gasteiger partial charge in [-0.25, -0.2) is 4.39 Å². The first kappa shape index (κ1) is 20.3. The predicted octanol–water partition coefficient (Wildman–Crippen LogP) is 3.17. The van der Waals surface area contributed by atoms with Gasteiger partial charge in [0.05, 0.1) is 6.61 Å². The molecule has 0 spiro atoms. The van der Waals surface area contributed by atoms with E-state index in [1.807, 2.05) is 24.3 Å². The number of ether oxygens (including phenoxy) is 1. The van der Waals surface area contributed by atoms with Crippen molar-refractivity contribution in [3.8, 4) is 0 Å². The zero-order valence-electron chi connectivity index (χ0n) is 16.4. The van der Waals surface area contributed by atoms with Gasteiger partial charge < -0.3 is 15.0 Å². The number of methoxy groups -OCH3 is 1. The maximum Gasteiger partial charge on any atom is 0.224 e. The van der Waals surface area contributed by atoms with E-state index in [-0.39, 0.29) is 18.1 Å². The number of carbonyl (C=O) groups excluding carboxylic acids is 1. The summed E-state index contributed by atoms with van der Waals surface area (Å²) in [5, 5.41) is 2.89. The molecule has 1 N–H and O–H groups in total. The second kappa shape index (κ2) is 10.2. The number of rotatable bonds is 8. The fourth-order valence-corrected chi connectivity index (χ4v) is 3.38. The van der Waals surface area contributed by atoms with E-state index in [2.05, 4.69) is 15.1 Å². The van der Waals surface area contributed by atoms with E-state index >= 15 is 0 Å². The first-order valence-electron chi connectivity index (χ1n) is 9.75. The van der Waals surface area contributed by atoms with E-state index in [4.69, 9.17) is 4.74 Å². The number of halogens is 1. The van der Waals surface area contributed by atoms with Crippen LogP contribution >= 0.6 is 0 Å². The maximum absolute atomic E-state index is 13.6.